The minimum absolute atomic E-state index is 0.00606. The number of thiophene rings is 1. The Kier molecular flexibility index (Phi) is 5.79. The zero-order chi connectivity index (χ0) is 17.9. The average Bonchev–Trinajstić information content (AvgIpc) is 3.21. The van der Waals surface area contributed by atoms with Crippen LogP contribution in [0.4, 0.5) is 0 Å². The van der Waals surface area contributed by atoms with Gasteiger partial charge in [-0.1, -0.05) is 26.3 Å². The molecule has 1 saturated heterocycles. The first-order chi connectivity index (χ1) is 12.0. The number of nitrogens with one attached hydrogen (secondary N) is 1. The molecule has 0 bridgehead atoms. The molecule has 0 unspecified atom stereocenters. The lowest BCUT2D eigenvalue weighted by Crippen LogP contribution is -2.57. The molecule has 1 saturated carbocycles. The van der Waals surface area contributed by atoms with Crippen LogP contribution in [0.1, 0.15) is 50.8 Å². The van der Waals surface area contributed by atoms with Gasteiger partial charge in [-0.2, -0.15) is 0 Å². The van der Waals surface area contributed by atoms with E-state index in [0.29, 0.717) is 25.5 Å². The molecule has 2 aliphatic rings. The van der Waals surface area contributed by atoms with Crippen LogP contribution in [0.15, 0.2) is 17.5 Å². The molecule has 2 fully saturated rings. The summed E-state index contributed by atoms with van der Waals surface area (Å²) in [5, 5.41) is 4.96. The summed E-state index contributed by atoms with van der Waals surface area (Å²) in [6.45, 7) is 5.05. The minimum Gasteiger partial charge on any atom is -0.354 e. The minimum atomic E-state index is -0.577. The van der Waals surface area contributed by atoms with E-state index >= 15 is 0 Å². The van der Waals surface area contributed by atoms with E-state index in [9.17, 15) is 9.59 Å². The number of ether oxygens (including phenoxy) is 1. The average molecular weight is 365 g/mol. The van der Waals surface area contributed by atoms with Crippen molar-refractivity contribution in [3.05, 3.63) is 22.4 Å². The summed E-state index contributed by atoms with van der Waals surface area (Å²) in [6, 6.07) is 3.42. The fraction of sp³-hybridized carbons (Fsp3) is 0.684. The second-order valence-electron chi connectivity index (χ2n) is 7.49. The predicted molar refractivity (Wildman–Crippen MR) is 98.3 cm³/mol. The molecule has 2 amide bonds. The first-order valence-corrected chi connectivity index (χ1v) is 10.2. The number of rotatable bonds is 5. The van der Waals surface area contributed by atoms with E-state index in [4.69, 9.17) is 4.74 Å². The fourth-order valence-electron chi connectivity index (χ4n) is 3.82. The number of carbonyl (C=O) groups excluding carboxylic acids is 2. The molecule has 5 nitrogen and oxygen atoms in total. The molecule has 6 heteroatoms. The van der Waals surface area contributed by atoms with Crippen LogP contribution in [0, 0.1) is 5.92 Å². The lowest BCUT2D eigenvalue weighted by molar-refractivity contribution is -0.159. The maximum Gasteiger partial charge on any atom is 0.245 e. The summed E-state index contributed by atoms with van der Waals surface area (Å²) >= 11 is 1.58. The third-order valence-corrected chi connectivity index (χ3v) is 5.93. The van der Waals surface area contributed by atoms with Gasteiger partial charge in [0.25, 0.3) is 0 Å². The maximum atomic E-state index is 13.1. The molecule has 1 spiro atoms. The predicted octanol–water partition coefficient (Wildman–Crippen LogP) is 2.95. The molecule has 0 radical (unpaired) electrons. The van der Waals surface area contributed by atoms with Crippen LogP contribution in [-0.4, -0.2) is 41.6 Å². The van der Waals surface area contributed by atoms with Gasteiger partial charge in [0.1, 0.15) is 11.8 Å². The lowest BCUT2D eigenvalue weighted by atomic mass is 9.90. The van der Waals surface area contributed by atoms with Gasteiger partial charge in [0.05, 0.1) is 13.0 Å². The van der Waals surface area contributed by atoms with Gasteiger partial charge in [-0.3, -0.25) is 14.5 Å². The summed E-state index contributed by atoms with van der Waals surface area (Å²) in [5.74, 6) is 0.299. The number of amides is 2. The molecule has 1 aliphatic heterocycles. The highest BCUT2D eigenvalue weighted by atomic mass is 32.1. The SMILES string of the molecule is CC(C)CNC(=O)[C@H]1COC2(CCCCC2)N1C(=O)Cc1cccs1. The highest BCUT2D eigenvalue weighted by Gasteiger charge is 2.52. The third kappa shape index (κ3) is 4.06. The van der Waals surface area contributed by atoms with Crippen molar-refractivity contribution in [1.82, 2.24) is 10.2 Å². The van der Waals surface area contributed by atoms with Crippen molar-refractivity contribution in [3.63, 3.8) is 0 Å². The van der Waals surface area contributed by atoms with E-state index in [0.717, 1.165) is 30.6 Å². The summed E-state index contributed by atoms with van der Waals surface area (Å²) in [5.41, 5.74) is -0.577. The van der Waals surface area contributed by atoms with Crippen molar-refractivity contribution < 1.29 is 14.3 Å². The van der Waals surface area contributed by atoms with Crippen LogP contribution >= 0.6 is 11.3 Å². The molecule has 25 heavy (non-hydrogen) atoms. The number of hydrogen-bond donors (Lipinski definition) is 1. The second-order valence-corrected chi connectivity index (χ2v) is 8.52. The Bertz CT molecular complexity index is 594. The van der Waals surface area contributed by atoms with Crippen molar-refractivity contribution in [2.24, 2.45) is 5.92 Å². The van der Waals surface area contributed by atoms with Gasteiger partial charge in [0.15, 0.2) is 0 Å². The Hall–Kier alpha value is -1.40. The first-order valence-electron chi connectivity index (χ1n) is 9.28. The van der Waals surface area contributed by atoms with Gasteiger partial charge < -0.3 is 10.1 Å². The van der Waals surface area contributed by atoms with Crippen LogP contribution in [0.2, 0.25) is 0 Å². The molecule has 1 aromatic rings. The zero-order valence-corrected chi connectivity index (χ0v) is 15.9. The van der Waals surface area contributed by atoms with Gasteiger partial charge in [0.2, 0.25) is 11.8 Å². The molecule has 3 rings (SSSR count). The highest BCUT2D eigenvalue weighted by Crippen LogP contribution is 2.41. The normalized spacial score (nSPS) is 22.5. The van der Waals surface area contributed by atoms with Crippen molar-refractivity contribution in [2.45, 2.75) is 64.1 Å². The molecule has 2 heterocycles. The van der Waals surface area contributed by atoms with Crippen molar-refractivity contribution >= 4 is 23.2 Å². The Morgan fingerprint density at radius 3 is 2.76 bits per heavy atom. The van der Waals surface area contributed by atoms with E-state index < -0.39 is 11.8 Å². The van der Waals surface area contributed by atoms with Crippen molar-refractivity contribution in [1.29, 1.82) is 0 Å². The molecule has 1 aliphatic carbocycles. The van der Waals surface area contributed by atoms with Gasteiger partial charge in [-0.15, -0.1) is 11.3 Å². The highest BCUT2D eigenvalue weighted by molar-refractivity contribution is 7.10. The van der Waals surface area contributed by atoms with E-state index in [2.05, 4.69) is 19.2 Å². The zero-order valence-electron chi connectivity index (χ0n) is 15.1. The van der Waals surface area contributed by atoms with Gasteiger partial charge in [-0.25, -0.2) is 0 Å². The number of hydrogen-bond acceptors (Lipinski definition) is 4. The Labute approximate surface area is 153 Å². The quantitative estimate of drug-likeness (QED) is 0.874. The topological polar surface area (TPSA) is 58.6 Å². The summed E-state index contributed by atoms with van der Waals surface area (Å²) in [6.07, 6.45) is 5.26. The first kappa shape index (κ1) is 18.4. The molecule has 1 atom stereocenters. The standard InChI is InChI=1S/C19H28N2O3S/c1-14(2)12-20-18(23)16-13-24-19(8-4-3-5-9-19)21(16)17(22)11-15-7-6-10-25-15/h6-7,10,14,16H,3-5,8-9,11-13H2,1-2H3,(H,20,23)/t16-/m1/s1. The van der Waals surface area contributed by atoms with Crippen molar-refractivity contribution in [2.75, 3.05) is 13.2 Å². The Balaban J connectivity index is 1.79. The third-order valence-electron chi connectivity index (χ3n) is 5.06. The fourth-order valence-corrected chi connectivity index (χ4v) is 4.51. The summed E-state index contributed by atoms with van der Waals surface area (Å²) < 4.78 is 6.12. The van der Waals surface area contributed by atoms with Crippen LogP contribution in [0.5, 0.6) is 0 Å². The second kappa shape index (κ2) is 7.87. The lowest BCUT2D eigenvalue weighted by Gasteiger charge is -2.41. The Morgan fingerprint density at radius 1 is 1.36 bits per heavy atom. The van der Waals surface area contributed by atoms with Gasteiger partial charge in [0, 0.05) is 11.4 Å². The smallest absolute Gasteiger partial charge is 0.245 e. The van der Waals surface area contributed by atoms with E-state index in [-0.39, 0.29) is 11.8 Å². The van der Waals surface area contributed by atoms with Crippen LogP contribution < -0.4 is 5.32 Å². The molecule has 0 aromatic carbocycles. The summed E-state index contributed by atoms with van der Waals surface area (Å²) in [4.78, 5) is 28.6. The largest absolute Gasteiger partial charge is 0.354 e. The monoisotopic (exact) mass is 364 g/mol. The van der Waals surface area contributed by atoms with Gasteiger partial charge in [-0.05, 0) is 43.0 Å². The molecule has 1 N–H and O–H groups in total. The molecule has 1 aromatic heterocycles. The van der Waals surface area contributed by atoms with E-state index in [1.165, 1.54) is 6.42 Å². The molecule has 138 valence electrons. The van der Waals surface area contributed by atoms with Crippen LogP contribution in [0.3, 0.4) is 0 Å². The van der Waals surface area contributed by atoms with Crippen LogP contribution in [-0.2, 0) is 20.7 Å². The maximum absolute atomic E-state index is 13.1. The summed E-state index contributed by atoms with van der Waals surface area (Å²) in [7, 11) is 0. The molecular formula is C19H28N2O3S. The Morgan fingerprint density at radius 2 is 2.12 bits per heavy atom. The number of carbonyl (C=O) groups is 2. The van der Waals surface area contributed by atoms with E-state index in [1.54, 1.807) is 16.2 Å². The molecular weight excluding hydrogens is 336 g/mol. The number of nitrogens with zero attached hydrogens (tertiary/aromatic N) is 1. The van der Waals surface area contributed by atoms with Crippen LogP contribution in [0.25, 0.3) is 0 Å². The van der Waals surface area contributed by atoms with E-state index in [1.807, 2.05) is 17.5 Å². The van der Waals surface area contributed by atoms with Crippen molar-refractivity contribution in [3.8, 4) is 0 Å². The van der Waals surface area contributed by atoms with Gasteiger partial charge >= 0.3 is 0 Å².